The van der Waals surface area contributed by atoms with Crippen molar-refractivity contribution >= 4 is 18.3 Å². The second-order valence-corrected chi connectivity index (χ2v) is 7.08. The van der Waals surface area contributed by atoms with Gasteiger partial charge in [-0.25, -0.2) is 0 Å². The molecule has 148 valence electrons. The second kappa shape index (κ2) is 9.93. The zero-order valence-electron chi connectivity index (χ0n) is 16.0. The summed E-state index contributed by atoms with van der Waals surface area (Å²) in [6.45, 7) is 5.30. The number of rotatable bonds is 7. The molecule has 2 aromatic rings. The monoisotopic (exact) mass is 392 g/mol. The van der Waals surface area contributed by atoms with Crippen LogP contribution in [0.2, 0.25) is 0 Å². The molecule has 2 N–H and O–H groups in total. The van der Waals surface area contributed by atoms with Gasteiger partial charge < -0.3 is 19.8 Å². The van der Waals surface area contributed by atoms with Crippen LogP contribution in [0.5, 0.6) is 0 Å². The summed E-state index contributed by atoms with van der Waals surface area (Å²) in [6, 6.07) is 11.8. The van der Waals surface area contributed by atoms with Gasteiger partial charge in [-0.1, -0.05) is 31.2 Å². The van der Waals surface area contributed by atoms with Gasteiger partial charge in [-0.05, 0) is 50.0 Å². The Morgan fingerprint density at radius 2 is 1.89 bits per heavy atom. The molecule has 0 atom stereocenters. The predicted octanol–water partition coefficient (Wildman–Crippen LogP) is 3.68. The topological polar surface area (TPSA) is 63.5 Å². The summed E-state index contributed by atoms with van der Waals surface area (Å²) < 4.78 is 11.2. The van der Waals surface area contributed by atoms with Gasteiger partial charge in [-0.15, -0.1) is 12.4 Å². The van der Waals surface area contributed by atoms with Gasteiger partial charge in [-0.2, -0.15) is 0 Å². The molecule has 0 radical (unpaired) electrons. The molecular weight excluding hydrogens is 364 g/mol. The van der Waals surface area contributed by atoms with Crippen molar-refractivity contribution in [3.63, 3.8) is 0 Å². The average molecular weight is 393 g/mol. The summed E-state index contributed by atoms with van der Waals surface area (Å²) in [6.07, 6.45) is 2.99. The lowest BCUT2D eigenvalue weighted by Gasteiger charge is -2.37. The molecule has 1 aliphatic rings. The van der Waals surface area contributed by atoms with Gasteiger partial charge in [0.25, 0.3) is 5.91 Å². The Morgan fingerprint density at radius 1 is 1.19 bits per heavy atom. The van der Waals surface area contributed by atoms with Crippen LogP contribution in [0.25, 0.3) is 11.3 Å². The molecule has 1 aliphatic heterocycles. The van der Waals surface area contributed by atoms with E-state index in [1.165, 1.54) is 5.56 Å². The van der Waals surface area contributed by atoms with E-state index in [9.17, 15) is 4.79 Å². The largest absolute Gasteiger partial charge is 0.451 e. The molecule has 1 fully saturated rings. The molecule has 1 amide bonds. The van der Waals surface area contributed by atoms with Gasteiger partial charge in [-0.3, -0.25) is 4.79 Å². The number of carbonyl (C=O) groups excluding carboxylic acids is 1. The van der Waals surface area contributed by atoms with Crippen LogP contribution in [0.4, 0.5) is 0 Å². The number of ether oxygens (including phenoxy) is 1. The quantitative estimate of drug-likeness (QED) is 0.754. The molecule has 6 heteroatoms. The number of aryl methyl sites for hydroxylation is 1. The maximum Gasteiger partial charge on any atom is 0.287 e. The van der Waals surface area contributed by atoms with Crippen LogP contribution < -0.4 is 10.6 Å². The van der Waals surface area contributed by atoms with Crippen molar-refractivity contribution in [2.45, 2.75) is 26.2 Å². The fraction of sp³-hybridized carbons (Fsp3) is 0.476. The van der Waals surface area contributed by atoms with Crippen molar-refractivity contribution in [1.29, 1.82) is 0 Å². The lowest BCUT2D eigenvalue weighted by molar-refractivity contribution is 0.0506. The molecule has 0 unspecified atom stereocenters. The highest BCUT2D eigenvalue weighted by Gasteiger charge is 2.32. The fourth-order valence-corrected chi connectivity index (χ4v) is 3.51. The Labute approximate surface area is 167 Å². The van der Waals surface area contributed by atoms with Gasteiger partial charge in [0.15, 0.2) is 5.76 Å². The van der Waals surface area contributed by atoms with Crippen molar-refractivity contribution < 1.29 is 13.9 Å². The van der Waals surface area contributed by atoms with Crippen molar-refractivity contribution in [3.05, 3.63) is 47.7 Å². The molecule has 27 heavy (non-hydrogen) atoms. The first kappa shape index (κ1) is 21.5. The Morgan fingerprint density at radius 3 is 2.52 bits per heavy atom. The molecule has 0 saturated carbocycles. The van der Waals surface area contributed by atoms with E-state index >= 15 is 0 Å². The number of benzene rings is 1. The number of halogens is 1. The van der Waals surface area contributed by atoms with Gasteiger partial charge in [0.1, 0.15) is 5.76 Å². The second-order valence-electron chi connectivity index (χ2n) is 7.08. The predicted molar refractivity (Wildman–Crippen MR) is 110 cm³/mol. The van der Waals surface area contributed by atoms with Crippen molar-refractivity contribution in [2.75, 3.05) is 33.4 Å². The summed E-state index contributed by atoms with van der Waals surface area (Å²) in [5, 5.41) is 6.40. The minimum Gasteiger partial charge on any atom is -0.451 e. The van der Waals surface area contributed by atoms with Crippen LogP contribution in [-0.4, -0.2) is 39.3 Å². The summed E-state index contributed by atoms with van der Waals surface area (Å²) in [5.74, 6) is 0.891. The summed E-state index contributed by atoms with van der Waals surface area (Å²) >= 11 is 0. The first-order valence-corrected chi connectivity index (χ1v) is 9.33. The minimum absolute atomic E-state index is 0. The Bertz CT molecular complexity index is 716. The number of methoxy groups -OCH3 is 1. The van der Waals surface area contributed by atoms with Crippen LogP contribution in [0.3, 0.4) is 0 Å². The van der Waals surface area contributed by atoms with E-state index < -0.39 is 0 Å². The standard InChI is InChI=1S/C21H28N2O3.ClH/c1-3-16-4-6-17(7-5-16)18-8-9-19(26-18)20(24)23-14-21(15-25-2)10-12-22-13-11-21;/h4-9,22H,3,10-15H2,1-2H3,(H,23,24);1H. The highest BCUT2D eigenvalue weighted by Crippen LogP contribution is 2.28. The minimum atomic E-state index is -0.171. The fourth-order valence-electron chi connectivity index (χ4n) is 3.51. The van der Waals surface area contributed by atoms with Gasteiger partial charge >= 0.3 is 0 Å². The SMILES string of the molecule is CCc1ccc(-c2ccc(C(=O)NCC3(COC)CCNCC3)o2)cc1.Cl. The van der Waals surface area contributed by atoms with Crippen molar-refractivity contribution in [3.8, 4) is 11.3 Å². The maximum absolute atomic E-state index is 12.5. The number of nitrogens with one attached hydrogen (secondary N) is 2. The lowest BCUT2D eigenvalue weighted by atomic mass is 9.79. The van der Waals surface area contributed by atoms with Gasteiger partial charge in [0.05, 0.1) is 6.61 Å². The number of hydrogen-bond donors (Lipinski definition) is 2. The smallest absolute Gasteiger partial charge is 0.287 e. The van der Waals surface area contributed by atoms with E-state index in [1.54, 1.807) is 13.2 Å². The van der Waals surface area contributed by atoms with E-state index in [0.29, 0.717) is 24.7 Å². The van der Waals surface area contributed by atoms with Crippen LogP contribution in [0.15, 0.2) is 40.8 Å². The Kier molecular flexibility index (Phi) is 7.90. The summed E-state index contributed by atoms with van der Waals surface area (Å²) in [4.78, 5) is 12.5. The number of furan rings is 1. The Hall–Kier alpha value is -1.82. The summed E-state index contributed by atoms with van der Waals surface area (Å²) in [5.41, 5.74) is 2.26. The molecule has 3 rings (SSSR count). The highest BCUT2D eigenvalue weighted by atomic mass is 35.5. The van der Waals surface area contributed by atoms with E-state index in [4.69, 9.17) is 9.15 Å². The van der Waals surface area contributed by atoms with Crippen LogP contribution in [-0.2, 0) is 11.2 Å². The van der Waals surface area contributed by atoms with E-state index in [-0.39, 0.29) is 23.7 Å². The first-order chi connectivity index (χ1) is 12.7. The summed E-state index contributed by atoms with van der Waals surface area (Å²) in [7, 11) is 1.72. The molecule has 5 nitrogen and oxygen atoms in total. The van der Waals surface area contributed by atoms with E-state index in [1.807, 2.05) is 18.2 Å². The average Bonchev–Trinajstić information content (AvgIpc) is 3.17. The molecule has 1 aromatic carbocycles. The third-order valence-corrected chi connectivity index (χ3v) is 5.22. The van der Waals surface area contributed by atoms with Crippen molar-refractivity contribution in [1.82, 2.24) is 10.6 Å². The molecular formula is C21H29ClN2O3. The van der Waals surface area contributed by atoms with Gasteiger partial charge in [0.2, 0.25) is 0 Å². The Balaban J connectivity index is 0.00000261. The number of hydrogen-bond acceptors (Lipinski definition) is 4. The highest BCUT2D eigenvalue weighted by molar-refractivity contribution is 5.92. The van der Waals surface area contributed by atoms with Crippen LogP contribution in [0, 0.1) is 5.41 Å². The normalized spacial score (nSPS) is 15.8. The molecule has 1 aromatic heterocycles. The molecule has 0 spiro atoms. The number of amides is 1. The first-order valence-electron chi connectivity index (χ1n) is 9.33. The zero-order chi connectivity index (χ0) is 18.4. The van der Waals surface area contributed by atoms with Crippen LogP contribution >= 0.6 is 12.4 Å². The molecule has 0 bridgehead atoms. The van der Waals surface area contributed by atoms with Gasteiger partial charge in [0, 0.05) is 24.6 Å². The third-order valence-electron chi connectivity index (χ3n) is 5.22. The molecule has 1 saturated heterocycles. The number of piperidine rings is 1. The maximum atomic E-state index is 12.5. The number of carbonyl (C=O) groups is 1. The lowest BCUT2D eigenvalue weighted by Crippen LogP contribution is -2.47. The zero-order valence-corrected chi connectivity index (χ0v) is 16.9. The van der Waals surface area contributed by atoms with Crippen LogP contribution in [0.1, 0.15) is 35.9 Å². The molecule has 2 heterocycles. The van der Waals surface area contributed by atoms with Crippen molar-refractivity contribution in [2.24, 2.45) is 5.41 Å². The van der Waals surface area contributed by atoms with E-state index in [0.717, 1.165) is 37.9 Å². The molecule has 0 aliphatic carbocycles. The van der Waals surface area contributed by atoms with E-state index in [2.05, 4.69) is 29.7 Å². The third kappa shape index (κ3) is 5.34.